The van der Waals surface area contributed by atoms with Gasteiger partial charge < -0.3 is 24.1 Å². The monoisotopic (exact) mass is 392 g/mol. The van der Waals surface area contributed by atoms with Gasteiger partial charge in [0.25, 0.3) is 0 Å². The second-order valence-corrected chi connectivity index (χ2v) is 7.59. The number of benzene rings is 3. The molecule has 0 radical (unpaired) electrons. The molecule has 0 saturated carbocycles. The van der Waals surface area contributed by atoms with Crippen LogP contribution in [0.25, 0.3) is 10.8 Å². The van der Waals surface area contributed by atoms with Crippen molar-refractivity contribution in [2.24, 2.45) is 0 Å². The molecule has 5 nitrogen and oxygen atoms in total. The van der Waals surface area contributed by atoms with Crippen LogP contribution in [-0.4, -0.2) is 42.4 Å². The van der Waals surface area contributed by atoms with Gasteiger partial charge in [0.05, 0.1) is 19.8 Å². The second-order valence-electron chi connectivity index (χ2n) is 7.59. The molecular weight excluding hydrogens is 368 g/mol. The van der Waals surface area contributed by atoms with Crippen molar-refractivity contribution in [3.8, 4) is 0 Å². The summed E-state index contributed by atoms with van der Waals surface area (Å²) in [7, 11) is 0. The molecule has 2 fully saturated rings. The average Bonchev–Trinajstić information content (AvgIpc) is 3.21. The molecule has 2 aliphatic rings. The zero-order valence-electron chi connectivity index (χ0n) is 16.0. The molecule has 2 heterocycles. The van der Waals surface area contributed by atoms with Gasteiger partial charge in [0.1, 0.15) is 24.4 Å². The smallest absolute Gasteiger partial charge is 0.186 e. The largest absolute Gasteiger partial charge is 0.385 e. The van der Waals surface area contributed by atoms with Crippen molar-refractivity contribution in [2.75, 3.05) is 6.61 Å². The highest BCUT2D eigenvalue weighted by Gasteiger charge is 2.51. The van der Waals surface area contributed by atoms with E-state index in [0.717, 1.165) is 11.1 Å². The van der Waals surface area contributed by atoms with E-state index in [2.05, 4.69) is 30.3 Å². The Morgan fingerprint density at radius 3 is 2.38 bits per heavy atom. The number of ether oxygens (including phenoxy) is 4. The first-order valence-electron chi connectivity index (χ1n) is 9.98. The summed E-state index contributed by atoms with van der Waals surface area (Å²) in [5, 5.41) is 13.1. The third-order valence-electron chi connectivity index (χ3n) is 5.58. The zero-order valence-corrected chi connectivity index (χ0v) is 16.0. The summed E-state index contributed by atoms with van der Waals surface area (Å²) in [5.74, 6) is 0. The van der Waals surface area contributed by atoms with E-state index in [9.17, 15) is 5.11 Å². The van der Waals surface area contributed by atoms with E-state index in [1.807, 2.05) is 42.5 Å². The second kappa shape index (κ2) is 8.22. The van der Waals surface area contributed by atoms with Crippen LogP contribution in [-0.2, 0) is 32.2 Å². The molecule has 5 rings (SSSR count). The minimum Gasteiger partial charge on any atom is -0.385 e. The Kier molecular flexibility index (Phi) is 5.31. The standard InChI is InChI=1S/C24H24O5/c25-21-23(27-14-17-10-11-18-8-4-5-9-19(18)12-17)22(20-15-28-24(21)29-20)26-13-16-6-2-1-3-7-16/h1-12,20-25H,13-15H2/t20-,21+,22-,23-,24-/m1/s1. The number of hydrogen-bond acceptors (Lipinski definition) is 5. The van der Waals surface area contributed by atoms with Gasteiger partial charge in [0.15, 0.2) is 6.29 Å². The maximum atomic E-state index is 10.7. The van der Waals surface area contributed by atoms with Crippen LogP contribution in [0.15, 0.2) is 72.8 Å². The molecule has 0 aromatic heterocycles. The molecule has 2 aliphatic heterocycles. The van der Waals surface area contributed by atoms with Crippen LogP contribution < -0.4 is 0 Å². The summed E-state index contributed by atoms with van der Waals surface area (Å²) in [5.41, 5.74) is 2.12. The summed E-state index contributed by atoms with van der Waals surface area (Å²) in [6.07, 6.45) is -2.71. The van der Waals surface area contributed by atoms with Gasteiger partial charge in [-0.3, -0.25) is 0 Å². The van der Waals surface area contributed by atoms with E-state index in [1.54, 1.807) is 0 Å². The molecule has 2 bridgehead atoms. The first kappa shape index (κ1) is 18.7. The van der Waals surface area contributed by atoms with E-state index in [0.29, 0.717) is 19.8 Å². The van der Waals surface area contributed by atoms with Crippen molar-refractivity contribution in [3.63, 3.8) is 0 Å². The molecule has 5 heteroatoms. The molecule has 2 saturated heterocycles. The summed E-state index contributed by atoms with van der Waals surface area (Å²) in [4.78, 5) is 0. The fraction of sp³-hybridized carbons (Fsp3) is 0.333. The Hall–Kier alpha value is -2.28. The van der Waals surface area contributed by atoms with Crippen LogP contribution in [0.2, 0.25) is 0 Å². The van der Waals surface area contributed by atoms with Gasteiger partial charge in [0, 0.05) is 0 Å². The van der Waals surface area contributed by atoms with E-state index in [-0.39, 0.29) is 6.10 Å². The predicted octanol–water partition coefficient (Wildman–Crippen LogP) is 3.43. The Bertz CT molecular complexity index is 960. The van der Waals surface area contributed by atoms with Gasteiger partial charge in [-0.2, -0.15) is 0 Å². The summed E-state index contributed by atoms with van der Waals surface area (Å²) < 4.78 is 23.7. The van der Waals surface area contributed by atoms with E-state index >= 15 is 0 Å². The Morgan fingerprint density at radius 1 is 0.793 bits per heavy atom. The Labute approximate surface area is 169 Å². The zero-order chi connectivity index (χ0) is 19.6. The lowest BCUT2D eigenvalue weighted by Crippen LogP contribution is -2.55. The minimum absolute atomic E-state index is 0.242. The van der Waals surface area contributed by atoms with Crippen LogP contribution in [0.3, 0.4) is 0 Å². The lowest BCUT2D eigenvalue weighted by Gasteiger charge is -2.38. The normalized spacial score (nSPS) is 28.7. The average molecular weight is 392 g/mol. The predicted molar refractivity (Wildman–Crippen MR) is 108 cm³/mol. The van der Waals surface area contributed by atoms with Crippen molar-refractivity contribution in [1.29, 1.82) is 0 Å². The van der Waals surface area contributed by atoms with Crippen molar-refractivity contribution >= 4 is 10.8 Å². The number of aliphatic hydroxyl groups is 1. The molecule has 5 atom stereocenters. The van der Waals surface area contributed by atoms with E-state index < -0.39 is 24.6 Å². The molecular formula is C24H24O5. The minimum atomic E-state index is -0.894. The molecule has 29 heavy (non-hydrogen) atoms. The van der Waals surface area contributed by atoms with Gasteiger partial charge in [-0.05, 0) is 28.0 Å². The lowest BCUT2D eigenvalue weighted by molar-refractivity contribution is -0.254. The number of rotatable bonds is 6. The first-order chi connectivity index (χ1) is 14.3. The fourth-order valence-corrected chi connectivity index (χ4v) is 4.04. The number of aliphatic hydroxyl groups excluding tert-OH is 1. The third kappa shape index (κ3) is 3.92. The molecule has 150 valence electrons. The van der Waals surface area contributed by atoms with Crippen LogP contribution in [0.1, 0.15) is 11.1 Å². The molecule has 0 unspecified atom stereocenters. The summed E-state index contributed by atoms with van der Waals surface area (Å²) in [6, 6.07) is 24.4. The molecule has 3 aromatic rings. The van der Waals surface area contributed by atoms with Crippen LogP contribution in [0.4, 0.5) is 0 Å². The number of hydrogen-bond donors (Lipinski definition) is 1. The highest BCUT2D eigenvalue weighted by Crippen LogP contribution is 2.33. The summed E-state index contributed by atoms with van der Waals surface area (Å²) >= 11 is 0. The van der Waals surface area contributed by atoms with Gasteiger partial charge >= 0.3 is 0 Å². The highest BCUT2D eigenvalue weighted by atomic mass is 16.7. The Morgan fingerprint density at radius 2 is 1.52 bits per heavy atom. The number of fused-ring (bicyclic) bond motifs is 3. The summed E-state index contributed by atoms with van der Waals surface area (Å²) in [6.45, 7) is 1.22. The molecule has 0 spiro atoms. The quantitative estimate of drug-likeness (QED) is 0.697. The molecule has 1 N–H and O–H groups in total. The Balaban J connectivity index is 1.31. The van der Waals surface area contributed by atoms with Crippen molar-refractivity contribution in [3.05, 3.63) is 83.9 Å². The van der Waals surface area contributed by atoms with Gasteiger partial charge in [-0.1, -0.05) is 66.7 Å². The maximum absolute atomic E-state index is 10.7. The van der Waals surface area contributed by atoms with Crippen LogP contribution in [0, 0.1) is 0 Å². The molecule has 3 aromatic carbocycles. The fourth-order valence-electron chi connectivity index (χ4n) is 4.04. The van der Waals surface area contributed by atoms with E-state index in [4.69, 9.17) is 18.9 Å². The van der Waals surface area contributed by atoms with E-state index in [1.165, 1.54) is 10.8 Å². The van der Waals surface area contributed by atoms with Crippen molar-refractivity contribution in [1.82, 2.24) is 0 Å². The molecule has 0 amide bonds. The van der Waals surface area contributed by atoms with Crippen LogP contribution in [0.5, 0.6) is 0 Å². The highest BCUT2D eigenvalue weighted by molar-refractivity contribution is 5.82. The first-order valence-corrected chi connectivity index (χ1v) is 9.98. The SMILES string of the molecule is O[C@@H]1[C@@H]2OC[C@@H](O2)[C@@H](OCc2ccccc2)[C@@H]1OCc1ccc2ccccc2c1. The topological polar surface area (TPSA) is 57.2 Å². The van der Waals surface area contributed by atoms with Crippen LogP contribution >= 0.6 is 0 Å². The maximum Gasteiger partial charge on any atom is 0.186 e. The van der Waals surface area contributed by atoms with Gasteiger partial charge in [-0.15, -0.1) is 0 Å². The van der Waals surface area contributed by atoms with Crippen molar-refractivity contribution in [2.45, 2.75) is 43.9 Å². The van der Waals surface area contributed by atoms with Gasteiger partial charge in [-0.25, -0.2) is 0 Å². The molecule has 0 aliphatic carbocycles. The van der Waals surface area contributed by atoms with Gasteiger partial charge in [0.2, 0.25) is 0 Å². The third-order valence-corrected chi connectivity index (χ3v) is 5.58. The lowest BCUT2D eigenvalue weighted by atomic mass is 10.00. The van der Waals surface area contributed by atoms with Crippen molar-refractivity contribution < 1.29 is 24.1 Å².